The van der Waals surface area contributed by atoms with E-state index in [2.05, 4.69) is 35.3 Å². The third kappa shape index (κ3) is 2.86. The fourth-order valence-electron chi connectivity index (χ4n) is 3.25. The van der Waals surface area contributed by atoms with Gasteiger partial charge in [-0.3, -0.25) is 4.90 Å². The third-order valence-electron chi connectivity index (χ3n) is 4.33. The van der Waals surface area contributed by atoms with E-state index in [0.717, 1.165) is 37.2 Å². The molecule has 3 nitrogen and oxygen atoms in total. The van der Waals surface area contributed by atoms with E-state index in [4.69, 9.17) is 4.74 Å². The van der Waals surface area contributed by atoms with Gasteiger partial charge in [-0.05, 0) is 43.5 Å². The van der Waals surface area contributed by atoms with E-state index in [-0.39, 0.29) is 0 Å². The molecule has 1 aromatic rings. The highest BCUT2D eigenvalue weighted by Crippen LogP contribution is 2.29. The first-order valence-corrected chi connectivity index (χ1v) is 7.60. The second-order valence-electron chi connectivity index (χ2n) is 5.63. The first kappa shape index (κ1) is 12.8. The standard InChI is InChI=1S/C16H24N2O/c1-2-14-5-3-4-9-18(14)12-13-6-7-16-15(11-13)17-8-10-19-16/h6-7,11,14,17H,2-5,8-10,12H2,1H3. The second-order valence-corrected chi connectivity index (χ2v) is 5.63. The van der Waals surface area contributed by atoms with Crippen molar-refractivity contribution in [3.8, 4) is 5.75 Å². The predicted octanol–water partition coefficient (Wildman–Crippen LogP) is 3.26. The molecule has 1 N–H and O–H groups in total. The van der Waals surface area contributed by atoms with Crippen LogP contribution in [0.25, 0.3) is 0 Å². The Labute approximate surface area is 115 Å². The Bertz CT molecular complexity index is 433. The molecule has 2 aliphatic rings. The average Bonchev–Trinajstić information content (AvgIpc) is 2.48. The fourth-order valence-corrected chi connectivity index (χ4v) is 3.25. The summed E-state index contributed by atoms with van der Waals surface area (Å²) in [5.41, 5.74) is 2.56. The zero-order valence-electron chi connectivity index (χ0n) is 11.8. The summed E-state index contributed by atoms with van der Waals surface area (Å²) in [6.07, 6.45) is 5.38. The quantitative estimate of drug-likeness (QED) is 0.903. The molecule has 19 heavy (non-hydrogen) atoms. The molecule has 1 unspecified atom stereocenters. The maximum Gasteiger partial charge on any atom is 0.142 e. The summed E-state index contributed by atoms with van der Waals surface area (Å²) in [5.74, 6) is 1.00. The Kier molecular flexibility index (Phi) is 3.92. The molecule has 3 rings (SSSR count). The number of piperidine rings is 1. The molecule has 1 saturated heterocycles. The predicted molar refractivity (Wildman–Crippen MR) is 78.8 cm³/mol. The van der Waals surface area contributed by atoms with Gasteiger partial charge in [-0.1, -0.05) is 19.4 Å². The first-order valence-electron chi connectivity index (χ1n) is 7.60. The van der Waals surface area contributed by atoms with Crippen LogP contribution in [0.15, 0.2) is 18.2 Å². The average molecular weight is 260 g/mol. The molecule has 0 saturated carbocycles. The number of benzene rings is 1. The molecule has 1 atom stereocenters. The van der Waals surface area contributed by atoms with Crippen LogP contribution >= 0.6 is 0 Å². The van der Waals surface area contributed by atoms with E-state index in [1.807, 2.05) is 0 Å². The number of nitrogens with one attached hydrogen (secondary N) is 1. The van der Waals surface area contributed by atoms with Crippen molar-refractivity contribution in [2.45, 2.75) is 45.2 Å². The SMILES string of the molecule is CCC1CCCCN1Cc1ccc2c(c1)NCCO2. The van der Waals surface area contributed by atoms with Crippen molar-refractivity contribution in [2.75, 3.05) is 25.0 Å². The van der Waals surface area contributed by atoms with Crippen LogP contribution in [-0.4, -0.2) is 30.6 Å². The van der Waals surface area contributed by atoms with Crippen molar-refractivity contribution < 1.29 is 4.74 Å². The molecule has 1 fully saturated rings. The van der Waals surface area contributed by atoms with Crippen LogP contribution in [0.1, 0.15) is 38.2 Å². The van der Waals surface area contributed by atoms with Crippen LogP contribution in [-0.2, 0) is 6.54 Å². The number of ether oxygens (including phenoxy) is 1. The van der Waals surface area contributed by atoms with Crippen molar-refractivity contribution in [3.05, 3.63) is 23.8 Å². The van der Waals surface area contributed by atoms with Crippen molar-refractivity contribution in [1.82, 2.24) is 4.90 Å². The van der Waals surface area contributed by atoms with Gasteiger partial charge in [0, 0.05) is 19.1 Å². The second kappa shape index (κ2) is 5.83. The van der Waals surface area contributed by atoms with E-state index in [0.29, 0.717) is 0 Å². The van der Waals surface area contributed by atoms with Gasteiger partial charge >= 0.3 is 0 Å². The molecular weight excluding hydrogens is 236 g/mol. The maximum atomic E-state index is 5.63. The largest absolute Gasteiger partial charge is 0.490 e. The monoisotopic (exact) mass is 260 g/mol. The molecule has 0 amide bonds. The van der Waals surface area contributed by atoms with Gasteiger partial charge in [0.15, 0.2) is 0 Å². The molecule has 0 radical (unpaired) electrons. The molecule has 104 valence electrons. The summed E-state index contributed by atoms with van der Waals surface area (Å²) < 4.78 is 5.63. The highest BCUT2D eigenvalue weighted by atomic mass is 16.5. The van der Waals surface area contributed by atoms with Gasteiger partial charge in [-0.15, -0.1) is 0 Å². The molecule has 2 heterocycles. The van der Waals surface area contributed by atoms with Crippen molar-refractivity contribution in [3.63, 3.8) is 0 Å². The third-order valence-corrected chi connectivity index (χ3v) is 4.33. The van der Waals surface area contributed by atoms with Crippen LogP contribution in [0.2, 0.25) is 0 Å². The van der Waals surface area contributed by atoms with Gasteiger partial charge in [0.05, 0.1) is 5.69 Å². The van der Waals surface area contributed by atoms with Gasteiger partial charge in [-0.2, -0.15) is 0 Å². The number of likely N-dealkylation sites (tertiary alicyclic amines) is 1. The summed E-state index contributed by atoms with van der Waals surface area (Å²) in [4.78, 5) is 2.65. The lowest BCUT2D eigenvalue weighted by Gasteiger charge is -2.35. The van der Waals surface area contributed by atoms with Gasteiger partial charge in [0.25, 0.3) is 0 Å². The Hall–Kier alpha value is -1.22. The summed E-state index contributed by atoms with van der Waals surface area (Å²) >= 11 is 0. The first-order chi connectivity index (χ1) is 9.36. The van der Waals surface area contributed by atoms with E-state index in [1.54, 1.807) is 0 Å². The highest BCUT2D eigenvalue weighted by Gasteiger charge is 2.21. The lowest BCUT2D eigenvalue weighted by Crippen LogP contribution is -2.38. The number of rotatable bonds is 3. The maximum absolute atomic E-state index is 5.63. The highest BCUT2D eigenvalue weighted by molar-refractivity contribution is 5.59. The topological polar surface area (TPSA) is 24.5 Å². The van der Waals surface area contributed by atoms with E-state index in [1.165, 1.54) is 37.8 Å². The molecule has 1 aromatic carbocycles. The number of anilines is 1. The molecule has 3 heteroatoms. The van der Waals surface area contributed by atoms with Gasteiger partial charge in [0.2, 0.25) is 0 Å². The van der Waals surface area contributed by atoms with Gasteiger partial charge in [0.1, 0.15) is 12.4 Å². The molecule has 0 bridgehead atoms. The number of nitrogens with zero attached hydrogens (tertiary/aromatic N) is 1. The lowest BCUT2D eigenvalue weighted by atomic mass is 9.99. The smallest absolute Gasteiger partial charge is 0.142 e. The van der Waals surface area contributed by atoms with Crippen molar-refractivity contribution in [1.29, 1.82) is 0 Å². The normalized spacial score (nSPS) is 23.3. The summed E-state index contributed by atoms with van der Waals surface area (Å²) in [7, 11) is 0. The van der Waals surface area contributed by atoms with Gasteiger partial charge in [-0.25, -0.2) is 0 Å². The number of hydrogen-bond acceptors (Lipinski definition) is 3. The molecule has 0 aromatic heterocycles. The lowest BCUT2D eigenvalue weighted by molar-refractivity contribution is 0.136. The molecule has 0 spiro atoms. The Morgan fingerprint density at radius 1 is 1.37 bits per heavy atom. The molecular formula is C16H24N2O. The van der Waals surface area contributed by atoms with E-state index in [9.17, 15) is 0 Å². The van der Waals surface area contributed by atoms with Crippen LogP contribution in [0.3, 0.4) is 0 Å². The van der Waals surface area contributed by atoms with Crippen molar-refractivity contribution in [2.24, 2.45) is 0 Å². The van der Waals surface area contributed by atoms with Crippen LogP contribution in [0.4, 0.5) is 5.69 Å². The van der Waals surface area contributed by atoms with Crippen LogP contribution in [0.5, 0.6) is 5.75 Å². The Morgan fingerprint density at radius 2 is 2.32 bits per heavy atom. The Balaban J connectivity index is 1.71. The minimum atomic E-state index is 0.772. The van der Waals surface area contributed by atoms with Crippen LogP contribution in [0, 0.1) is 0 Å². The zero-order chi connectivity index (χ0) is 13.1. The zero-order valence-corrected chi connectivity index (χ0v) is 11.8. The minimum Gasteiger partial charge on any atom is -0.490 e. The number of fused-ring (bicyclic) bond motifs is 1. The number of hydrogen-bond donors (Lipinski definition) is 1. The van der Waals surface area contributed by atoms with E-state index >= 15 is 0 Å². The van der Waals surface area contributed by atoms with E-state index < -0.39 is 0 Å². The van der Waals surface area contributed by atoms with Crippen LogP contribution < -0.4 is 10.1 Å². The van der Waals surface area contributed by atoms with Crippen molar-refractivity contribution >= 4 is 5.69 Å². The summed E-state index contributed by atoms with van der Waals surface area (Å²) in [5, 5.41) is 3.42. The molecule has 0 aliphatic carbocycles. The summed E-state index contributed by atoms with van der Waals surface area (Å²) in [6.45, 7) is 6.33. The Morgan fingerprint density at radius 3 is 3.21 bits per heavy atom. The summed E-state index contributed by atoms with van der Waals surface area (Å²) in [6, 6.07) is 7.36. The van der Waals surface area contributed by atoms with Gasteiger partial charge < -0.3 is 10.1 Å². The fraction of sp³-hybridized carbons (Fsp3) is 0.625. The molecule has 2 aliphatic heterocycles. The minimum absolute atomic E-state index is 0.772.